The Morgan fingerprint density at radius 1 is 1.15 bits per heavy atom. The van der Waals surface area contributed by atoms with Gasteiger partial charge in [-0.25, -0.2) is 14.8 Å². The molecule has 7 heteroatoms. The standard InChI is InChI=1S/C19H24N4O3/c1-13(17(24)14-8-6-5-7-9-14)23(18(25)26-19(2,3)4)22-16-11-10-15(20)12-21-16/h5-13H,20H2,1-4H3,(H,21,22). The van der Waals surface area contributed by atoms with Crippen molar-refractivity contribution in [3.63, 3.8) is 0 Å². The molecule has 0 saturated heterocycles. The van der Waals surface area contributed by atoms with Crippen LogP contribution in [0.5, 0.6) is 0 Å². The van der Waals surface area contributed by atoms with Crippen molar-refractivity contribution in [2.45, 2.75) is 39.3 Å². The molecule has 138 valence electrons. The van der Waals surface area contributed by atoms with Crippen LogP contribution in [0.2, 0.25) is 0 Å². The highest BCUT2D eigenvalue weighted by Crippen LogP contribution is 2.17. The molecule has 0 aliphatic carbocycles. The van der Waals surface area contributed by atoms with E-state index in [2.05, 4.69) is 10.4 Å². The molecule has 1 unspecified atom stereocenters. The number of anilines is 2. The van der Waals surface area contributed by atoms with E-state index in [9.17, 15) is 9.59 Å². The maximum Gasteiger partial charge on any atom is 0.429 e. The number of carbonyl (C=O) groups excluding carboxylic acids is 2. The third-order valence-corrected chi connectivity index (χ3v) is 3.44. The van der Waals surface area contributed by atoms with Gasteiger partial charge >= 0.3 is 6.09 Å². The van der Waals surface area contributed by atoms with Gasteiger partial charge in [0.05, 0.1) is 11.9 Å². The van der Waals surface area contributed by atoms with Crippen molar-refractivity contribution >= 4 is 23.4 Å². The molecule has 3 N–H and O–H groups in total. The molecule has 26 heavy (non-hydrogen) atoms. The van der Waals surface area contributed by atoms with Gasteiger partial charge in [-0.15, -0.1) is 0 Å². The maximum atomic E-state index is 12.8. The van der Waals surface area contributed by atoms with Crippen molar-refractivity contribution in [1.82, 2.24) is 9.99 Å². The Kier molecular flexibility index (Phi) is 5.82. The number of hydrogen-bond donors (Lipinski definition) is 2. The highest BCUT2D eigenvalue weighted by Gasteiger charge is 2.31. The number of hydrogen-bond acceptors (Lipinski definition) is 6. The molecule has 0 radical (unpaired) electrons. The van der Waals surface area contributed by atoms with Crippen LogP contribution in [0.15, 0.2) is 48.7 Å². The molecule has 0 saturated carbocycles. The van der Waals surface area contributed by atoms with Gasteiger partial charge in [0, 0.05) is 5.56 Å². The second-order valence-electron chi connectivity index (χ2n) is 6.85. The van der Waals surface area contributed by atoms with E-state index in [1.54, 1.807) is 64.1 Å². The molecule has 1 aromatic heterocycles. The predicted octanol–water partition coefficient (Wildman–Crippen LogP) is 3.50. The van der Waals surface area contributed by atoms with Crippen LogP contribution in [0.4, 0.5) is 16.3 Å². The monoisotopic (exact) mass is 356 g/mol. The number of nitrogens with zero attached hydrogens (tertiary/aromatic N) is 2. The molecule has 0 bridgehead atoms. The smallest absolute Gasteiger partial charge is 0.429 e. The first-order valence-corrected chi connectivity index (χ1v) is 8.27. The van der Waals surface area contributed by atoms with Crippen molar-refractivity contribution in [2.75, 3.05) is 11.2 Å². The maximum absolute atomic E-state index is 12.8. The van der Waals surface area contributed by atoms with E-state index in [0.717, 1.165) is 5.01 Å². The highest BCUT2D eigenvalue weighted by atomic mass is 16.6. The third kappa shape index (κ3) is 5.20. The quantitative estimate of drug-likeness (QED) is 0.628. The number of rotatable bonds is 5. The van der Waals surface area contributed by atoms with Gasteiger partial charge in [0.2, 0.25) is 0 Å². The lowest BCUT2D eigenvalue weighted by atomic mass is 10.1. The van der Waals surface area contributed by atoms with Crippen LogP contribution < -0.4 is 11.2 Å². The van der Waals surface area contributed by atoms with Crippen molar-refractivity contribution in [1.29, 1.82) is 0 Å². The van der Waals surface area contributed by atoms with E-state index in [-0.39, 0.29) is 5.78 Å². The topological polar surface area (TPSA) is 97.5 Å². The van der Waals surface area contributed by atoms with Crippen LogP contribution in [0.3, 0.4) is 0 Å². The van der Waals surface area contributed by atoms with E-state index in [1.807, 2.05) is 6.07 Å². The summed E-state index contributed by atoms with van der Waals surface area (Å²) < 4.78 is 5.42. The Morgan fingerprint density at radius 2 is 1.81 bits per heavy atom. The van der Waals surface area contributed by atoms with E-state index < -0.39 is 17.7 Å². The van der Waals surface area contributed by atoms with E-state index in [4.69, 9.17) is 10.5 Å². The molecule has 2 rings (SSSR count). The molecule has 1 aromatic carbocycles. The molecule has 7 nitrogen and oxygen atoms in total. The van der Waals surface area contributed by atoms with Gasteiger partial charge in [-0.3, -0.25) is 10.2 Å². The van der Waals surface area contributed by atoms with Crippen LogP contribution in [0.1, 0.15) is 38.1 Å². The average molecular weight is 356 g/mol. The van der Waals surface area contributed by atoms with Crippen molar-refractivity contribution in [2.24, 2.45) is 0 Å². The molecule has 1 heterocycles. The van der Waals surface area contributed by atoms with Crippen LogP contribution >= 0.6 is 0 Å². The van der Waals surface area contributed by atoms with Crippen LogP contribution in [-0.4, -0.2) is 33.5 Å². The lowest BCUT2D eigenvalue weighted by molar-refractivity contribution is 0.0228. The molecule has 0 aliphatic heterocycles. The number of aromatic nitrogens is 1. The number of nitrogens with two attached hydrogens (primary N) is 1. The number of hydrazine groups is 1. The molecule has 2 aromatic rings. The molecule has 1 atom stereocenters. The molecule has 0 aliphatic rings. The fraction of sp³-hybridized carbons (Fsp3) is 0.316. The van der Waals surface area contributed by atoms with Gasteiger partial charge in [-0.05, 0) is 39.8 Å². The van der Waals surface area contributed by atoms with E-state index in [0.29, 0.717) is 17.1 Å². The number of amides is 1. The SMILES string of the molecule is CC(C(=O)c1ccccc1)N(Nc1ccc(N)cn1)C(=O)OC(C)(C)C. The van der Waals surface area contributed by atoms with Gasteiger partial charge in [0.1, 0.15) is 17.5 Å². The van der Waals surface area contributed by atoms with Gasteiger partial charge in [-0.1, -0.05) is 30.3 Å². The normalized spacial score (nSPS) is 12.2. The number of ether oxygens (including phenoxy) is 1. The third-order valence-electron chi connectivity index (χ3n) is 3.44. The lowest BCUT2D eigenvalue weighted by Gasteiger charge is -2.31. The Morgan fingerprint density at radius 3 is 2.35 bits per heavy atom. The van der Waals surface area contributed by atoms with E-state index in [1.165, 1.54) is 6.20 Å². The second-order valence-corrected chi connectivity index (χ2v) is 6.85. The van der Waals surface area contributed by atoms with Crippen molar-refractivity contribution in [3.8, 4) is 0 Å². The minimum atomic E-state index is -0.813. The summed E-state index contributed by atoms with van der Waals surface area (Å²) in [6.45, 7) is 6.90. The summed E-state index contributed by atoms with van der Waals surface area (Å²) in [7, 11) is 0. The molecule has 0 spiro atoms. The summed E-state index contributed by atoms with van der Waals surface area (Å²) in [4.78, 5) is 29.5. The molecule has 0 fully saturated rings. The van der Waals surface area contributed by atoms with Crippen molar-refractivity contribution in [3.05, 3.63) is 54.2 Å². The number of ketones is 1. The fourth-order valence-electron chi connectivity index (χ4n) is 2.17. The fourth-order valence-corrected chi connectivity index (χ4v) is 2.17. The Bertz CT molecular complexity index is 755. The van der Waals surface area contributed by atoms with Crippen LogP contribution in [0.25, 0.3) is 0 Å². The predicted molar refractivity (Wildman–Crippen MR) is 101 cm³/mol. The van der Waals surface area contributed by atoms with Gasteiger partial charge in [0.15, 0.2) is 5.78 Å². The number of pyridine rings is 1. The molecule has 1 amide bonds. The summed E-state index contributed by atoms with van der Waals surface area (Å²) >= 11 is 0. The zero-order chi connectivity index (χ0) is 19.3. The zero-order valence-electron chi connectivity index (χ0n) is 15.4. The first-order valence-electron chi connectivity index (χ1n) is 8.27. The Balaban J connectivity index is 2.27. The molecular formula is C19H24N4O3. The Hall–Kier alpha value is -3.09. The summed E-state index contributed by atoms with van der Waals surface area (Å²) in [6.07, 6.45) is 0.784. The summed E-state index contributed by atoms with van der Waals surface area (Å²) in [5.74, 6) is 0.150. The minimum absolute atomic E-state index is 0.223. The van der Waals surface area contributed by atoms with Crippen LogP contribution in [-0.2, 0) is 4.74 Å². The first-order chi connectivity index (χ1) is 12.2. The summed E-state index contributed by atoms with van der Waals surface area (Å²) in [6, 6.07) is 11.2. The number of nitrogens with one attached hydrogen (secondary N) is 1. The minimum Gasteiger partial charge on any atom is -0.442 e. The molecular weight excluding hydrogens is 332 g/mol. The number of carbonyl (C=O) groups is 2. The largest absolute Gasteiger partial charge is 0.442 e. The Labute approximate surface area is 153 Å². The second kappa shape index (κ2) is 7.86. The highest BCUT2D eigenvalue weighted by molar-refractivity contribution is 6.01. The van der Waals surface area contributed by atoms with E-state index >= 15 is 0 Å². The number of nitrogen functional groups attached to an aromatic ring is 1. The zero-order valence-corrected chi connectivity index (χ0v) is 15.4. The van der Waals surface area contributed by atoms with Crippen LogP contribution in [0, 0.1) is 0 Å². The van der Waals surface area contributed by atoms with Crippen molar-refractivity contribution < 1.29 is 14.3 Å². The summed E-state index contributed by atoms with van der Waals surface area (Å²) in [5, 5.41) is 1.14. The van der Waals surface area contributed by atoms with Gasteiger partial charge in [-0.2, -0.15) is 0 Å². The summed E-state index contributed by atoms with van der Waals surface area (Å²) in [5.41, 5.74) is 8.77. The first kappa shape index (κ1) is 19.2. The average Bonchev–Trinajstić information content (AvgIpc) is 2.59. The number of Topliss-reactive ketones (excluding diaryl/α,β-unsaturated/α-hetero) is 1. The van der Waals surface area contributed by atoms with Gasteiger partial charge < -0.3 is 10.5 Å². The van der Waals surface area contributed by atoms with Gasteiger partial charge in [0.25, 0.3) is 0 Å². The lowest BCUT2D eigenvalue weighted by Crippen LogP contribution is -2.49. The number of benzene rings is 1.